The molecule has 2 heterocycles. The first-order valence-electron chi connectivity index (χ1n) is 8.60. The zero-order chi connectivity index (χ0) is 17.9. The minimum atomic E-state index is -0.307. The molecule has 1 atom stereocenters. The average molecular weight is 345 g/mol. The van der Waals surface area contributed by atoms with E-state index in [1.54, 1.807) is 17.3 Å². The third-order valence-corrected chi connectivity index (χ3v) is 4.37. The van der Waals surface area contributed by atoms with Crippen LogP contribution in [0.1, 0.15) is 29.0 Å². The lowest BCUT2D eigenvalue weighted by Gasteiger charge is -2.38. The van der Waals surface area contributed by atoms with E-state index >= 15 is 0 Å². The van der Waals surface area contributed by atoms with Gasteiger partial charge < -0.3 is 10.1 Å². The number of benzene rings is 2. The van der Waals surface area contributed by atoms with Gasteiger partial charge in [0.05, 0.1) is 12.2 Å². The molecule has 1 aromatic heterocycles. The molecule has 4 rings (SSSR count). The number of para-hydroxylation sites is 1. The molecular weight excluding hydrogens is 326 g/mol. The number of pyridine rings is 1. The Bertz CT molecular complexity index is 910. The molecule has 0 saturated carbocycles. The number of carbonyl (C=O) groups excluding carboxylic acids is 1. The monoisotopic (exact) mass is 345 g/mol. The maximum Gasteiger partial charge on any atom is 0.262 e. The number of amides is 1. The lowest BCUT2D eigenvalue weighted by atomic mass is 10.0. The number of carbonyl (C=O) groups is 1. The summed E-state index contributed by atoms with van der Waals surface area (Å²) in [6.45, 7) is 2.55. The molecule has 0 aliphatic carbocycles. The summed E-state index contributed by atoms with van der Waals surface area (Å²) >= 11 is 0. The molecule has 1 aliphatic rings. The van der Waals surface area contributed by atoms with Gasteiger partial charge in [0, 0.05) is 23.8 Å². The maximum atomic E-state index is 13.3. The van der Waals surface area contributed by atoms with Crippen molar-refractivity contribution in [2.45, 2.75) is 13.1 Å². The highest BCUT2D eigenvalue weighted by atomic mass is 16.5. The molecule has 5 nitrogen and oxygen atoms in total. The molecule has 2 aromatic carbocycles. The fourth-order valence-corrected chi connectivity index (χ4v) is 3.17. The zero-order valence-electron chi connectivity index (χ0n) is 14.4. The van der Waals surface area contributed by atoms with Crippen molar-refractivity contribution >= 4 is 17.3 Å². The molecule has 1 N–H and O–H groups in total. The first kappa shape index (κ1) is 16.1. The molecule has 0 unspecified atom stereocenters. The zero-order valence-corrected chi connectivity index (χ0v) is 14.4. The summed E-state index contributed by atoms with van der Waals surface area (Å²) in [6, 6.07) is 19.0. The molecule has 130 valence electrons. The molecule has 0 saturated heterocycles. The van der Waals surface area contributed by atoms with Gasteiger partial charge >= 0.3 is 0 Å². The van der Waals surface area contributed by atoms with Gasteiger partial charge in [-0.2, -0.15) is 0 Å². The Morgan fingerprint density at radius 1 is 1.04 bits per heavy atom. The van der Waals surface area contributed by atoms with E-state index in [2.05, 4.69) is 10.3 Å². The summed E-state index contributed by atoms with van der Waals surface area (Å²) in [5, 5.41) is 3.48. The topological polar surface area (TPSA) is 54.5 Å². The Morgan fingerprint density at radius 2 is 1.77 bits per heavy atom. The van der Waals surface area contributed by atoms with Crippen LogP contribution in [0.3, 0.4) is 0 Å². The number of hydrogen-bond donors (Lipinski definition) is 1. The van der Waals surface area contributed by atoms with E-state index in [4.69, 9.17) is 4.74 Å². The lowest BCUT2D eigenvalue weighted by Crippen LogP contribution is -2.43. The van der Waals surface area contributed by atoms with Crippen molar-refractivity contribution in [3.63, 3.8) is 0 Å². The number of rotatable bonds is 4. The standard InChI is InChI=1S/C21H19N3O2/c1-2-26-17-9-7-16(8-10-17)24-20(15-11-13-22-14-12-15)23-19-6-4-3-5-18(19)21(24)25/h3-14,20,23H,2H2,1H3/t20-/m0/s1. The summed E-state index contributed by atoms with van der Waals surface area (Å²) in [5.74, 6) is 0.750. The summed E-state index contributed by atoms with van der Waals surface area (Å²) in [4.78, 5) is 19.1. The van der Waals surface area contributed by atoms with Crippen LogP contribution in [-0.2, 0) is 0 Å². The Kier molecular flexibility index (Phi) is 4.27. The molecule has 1 amide bonds. The number of aromatic nitrogens is 1. The first-order chi connectivity index (χ1) is 12.8. The van der Waals surface area contributed by atoms with E-state index in [-0.39, 0.29) is 12.1 Å². The van der Waals surface area contributed by atoms with Crippen LogP contribution in [0, 0.1) is 0 Å². The number of anilines is 2. The molecule has 0 spiro atoms. The number of nitrogens with one attached hydrogen (secondary N) is 1. The summed E-state index contributed by atoms with van der Waals surface area (Å²) < 4.78 is 5.52. The Morgan fingerprint density at radius 3 is 2.50 bits per heavy atom. The number of hydrogen-bond acceptors (Lipinski definition) is 4. The normalized spacial score (nSPS) is 16.0. The summed E-state index contributed by atoms with van der Waals surface area (Å²) in [6.07, 6.45) is 3.16. The van der Waals surface area contributed by atoms with Crippen LogP contribution in [0.15, 0.2) is 73.1 Å². The lowest BCUT2D eigenvalue weighted by molar-refractivity contribution is 0.0975. The second kappa shape index (κ2) is 6.88. The van der Waals surface area contributed by atoms with Gasteiger partial charge in [0.25, 0.3) is 5.91 Å². The van der Waals surface area contributed by atoms with Crippen LogP contribution >= 0.6 is 0 Å². The first-order valence-corrected chi connectivity index (χ1v) is 8.60. The van der Waals surface area contributed by atoms with Gasteiger partial charge in [-0.3, -0.25) is 14.7 Å². The third-order valence-electron chi connectivity index (χ3n) is 4.37. The van der Waals surface area contributed by atoms with E-state index in [0.29, 0.717) is 12.2 Å². The minimum absolute atomic E-state index is 0.0367. The molecule has 3 aromatic rings. The van der Waals surface area contributed by atoms with Crippen LogP contribution in [0.4, 0.5) is 11.4 Å². The van der Waals surface area contributed by atoms with Crippen molar-refractivity contribution in [1.29, 1.82) is 0 Å². The van der Waals surface area contributed by atoms with Crippen LogP contribution < -0.4 is 15.0 Å². The molecule has 0 bridgehead atoms. The fraction of sp³-hybridized carbons (Fsp3) is 0.143. The van der Waals surface area contributed by atoms with Gasteiger partial charge in [0.2, 0.25) is 0 Å². The van der Waals surface area contributed by atoms with Crippen molar-refractivity contribution in [2.24, 2.45) is 0 Å². The predicted octanol–water partition coefficient (Wildman–Crippen LogP) is 4.25. The minimum Gasteiger partial charge on any atom is -0.494 e. The van der Waals surface area contributed by atoms with Crippen molar-refractivity contribution < 1.29 is 9.53 Å². The third kappa shape index (κ3) is 2.88. The SMILES string of the molecule is CCOc1ccc(N2C(=O)c3ccccc3N[C@@H]2c2ccncc2)cc1. The number of nitrogens with zero attached hydrogens (tertiary/aromatic N) is 2. The highest BCUT2D eigenvalue weighted by Crippen LogP contribution is 2.36. The molecule has 1 aliphatic heterocycles. The largest absolute Gasteiger partial charge is 0.494 e. The van der Waals surface area contributed by atoms with E-state index < -0.39 is 0 Å². The summed E-state index contributed by atoms with van der Waals surface area (Å²) in [7, 11) is 0. The van der Waals surface area contributed by atoms with Crippen LogP contribution in [0.5, 0.6) is 5.75 Å². The predicted molar refractivity (Wildman–Crippen MR) is 101 cm³/mol. The van der Waals surface area contributed by atoms with Gasteiger partial charge in [-0.25, -0.2) is 0 Å². The van der Waals surface area contributed by atoms with Gasteiger partial charge in [-0.1, -0.05) is 12.1 Å². The molecular formula is C21H19N3O2. The van der Waals surface area contributed by atoms with Crippen LogP contribution in [0.25, 0.3) is 0 Å². The van der Waals surface area contributed by atoms with Crippen molar-refractivity contribution in [3.05, 3.63) is 84.2 Å². The molecule has 5 heteroatoms. The fourth-order valence-electron chi connectivity index (χ4n) is 3.17. The van der Waals surface area contributed by atoms with Gasteiger partial charge in [0.1, 0.15) is 11.9 Å². The Balaban J connectivity index is 1.79. The van der Waals surface area contributed by atoms with E-state index in [0.717, 1.165) is 22.7 Å². The second-order valence-electron chi connectivity index (χ2n) is 5.98. The van der Waals surface area contributed by atoms with Crippen LogP contribution in [0.2, 0.25) is 0 Å². The second-order valence-corrected chi connectivity index (χ2v) is 5.98. The van der Waals surface area contributed by atoms with Gasteiger partial charge in [-0.15, -0.1) is 0 Å². The Labute approximate surface area is 152 Å². The number of ether oxygens (including phenoxy) is 1. The van der Waals surface area contributed by atoms with Gasteiger partial charge in [0.15, 0.2) is 0 Å². The smallest absolute Gasteiger partial charge is 0.262 e. The van der Waals surface area contributed by atoms with Crippen molar-refractivity contribution in [1.82, 2.24) is 4.98 Å². The van der Waals surface area contributed by atoms with Gasteiger partial charge in [-0.05, 0) is 61.0 Å². The molecule has 0 fully saturated rings. The van der Waals surface area contributed by atoms with E-state index in [1.807, 2.05) is 67.6 Å². The van der Waals surface area contributed by atoms with Crippen LogP contribution in [-0.4, -0.2) is 17.5 Å². The van der Waals surface area contributed by atoms with E-state index in [9.17, 15) is 4.79 Å². The summed E-state index contributed by atoms with van der Waals surface area (Å²) in [5.41, 5.74) is 3.27. The highest BCUT2D eigenvalue weighted by Gasteiger charge is 2.33. The molecule has 0 radical (unpaired) electrons. The highest BCUT2D eigenvalue weighted by molar-refractivity contribution is 6.12. The average Bonchev–Trinajstić information content (AvgIpc) is 2.70. The maximum absolute atomic E-state index is 13.3. The van der Waals surface area contributed by atoms with Crippen molar-refractivity contribution in [3.8, 4) is 5.75 Å². The quantitative estimate of drug-likeness (QED) is 0.768. The number of fused-ring (bicyclic) bond motifs is 1. The van der Waals surface area contributed by atoms with Crippen molar-refractivity contribution in [2.75, 3.05) is 16.8 Å². The Hall–Kier alpha value is -3.34. The molecule has 26 heavy (non-hydrogen) atoms. The van der Waals surface area contributed by atoms with E-state index in [1.165, 1.54) is 0 Å².